The summed E-state index contributed by atoms with van der Waals surface area (Å²) in [7, 11) is 1.73. The lowest BCUT2D eigenvalue weighted by Crippen LogP contribution is -2.41. The van der Waals surface area contributed by atoms with Gasteiger partial charge in [0.15, 0.2) is 5.96 Å². The van der Waals surface area contributed by atoms with Gasteiger partial charge in [-0.05, 0) is 62.9 Å². The highest BCUT2D eigenvalue weighted by Crippen LogP contribution is 2.20. The Labute approximate surface area is 165 Å². The van der Waals surface area contributed by atoms with Crippen LogP contribution in [-0.2, 0) is 6.42 Å². The molecule has 0 aromatic heterocycles. The van der Waals surface area contributed by atoms with Gasteiger partial charge >= 0.3 is 0 Å². The first-order chi connectivity index (χ1) is 13.1. The van der Waals surface area contributed by atoms with Gasteiger partial charge in [0.05, 0.1) is 7.11 Å². The molecule has 0 saturated carbocycles. The zero-order chi connectivity index (χ0) is 19.6. The van der Waals surface area contributed by atoms with Crippen molar-refractivity contribution in [1.82, 2.24) is 15.1 Å². The SMILES string of the molecule is CCNC(=NCCc1ccc(C)c(OC)c1)N1CCC(CN(CC)CC)C1. The van der Waals surface area contributed by atoms with Crippen LogP contribution in [0.1, 0.15) is 38.3 Å². The Bertz CT molecular complexity index is 598. The fraction of sp³-hybridized carbons (Fsp3) is 0.682. The summed E-state index contributed by atoms with van der Waals surface area (Å²) < 4.78 is 5.43. The minimum absolute atomic E-state index is 0.745. The van der Waals surface area contributed by atoms with Crippen molar-refractivity contribution in [1.29, 1.82) is 0 Å². The van der Waals surface area contributed by atoms with E-state index >= 15 is 0 Å². The minimum Gasteiger partial charge on any atom is -0.496 e. The molecule has 1 fully saturated rings. The number of ether oxygens (including phenoxy) is 1. The van der Waals surface area contributed by atoms with Crippen LogP contribution in [0.25, 0.3) is 0 Å². The molecule has 1 aromatic rings. The van der Waals surface area contributed by atoms with Crippen molar-refractivity contribution in [3.05, 3.63) is 29.3 Å². The van der Waals surface area contributed by atoms with Crippen LogP contribution in [0.4, 0.5) is 0 Å². The van der Waals surface area contributed by atoms with Crippen molar-refractivity contribution in [2.45, 2.75) is 40.5 Å². The standard InChI is InChI=1S/C22H38N4O/c1-6-23-22(26-14-12-20(17-26)16-25(7-2)8-3)24-13-11-19-10-9-18(4)21(15-19)27-5/h9-10,15,20H,6-8,11-14,16-17H2,1-5H3,(H,23,24). The summed E-state index contributed by atoms with van der Waals surface area (Å²) in [4.78, 5) is 9.87. The third kappa shape index (κ3) is 6.42. The van der Waals surface area contributed by atoms with Gasteiger partial charge in [0.1, 0.15) is 5.75 Å². The molecule has 1 atom stereocenters. The van der Waals surface area contributed by atoms with Crippen LogP contribution in [0.5, 0.6) is 5.75 Å². The van der Waals surface area contributed by atoms with Gasteiger partial charge in [0.2, 0.25) is 0 Å². The highest BCUT2D eigenvalue weighted by Gasteiger charge is 2.25. The van der Waals surface area contributed by atoms with Crippen LogP contribution >= 0.6 is 0 Å². The fourth-order valence-electron chi connectivity index (χ4n) is 3.76. The van der Waals surface area contributed by atoms with Crippen LogP contribution in [0.15, 0.2) is 23.2 Å². The van der Waals surface area contributed by atoms with Crippen molar-refractivity contribution < 1.29 is 4.74 Å². The maximum absolute atomic E-state index is 5.43. The second-order valence-electron chi connectivity index (χ2n) is 7.38. The summed E-state index contributed by atoms with van der Waals surface area (Å²) in [5.41, 5.74) is 2.45. The van der Waals surface area contributed by atoms with Gasteiger partial charge in [0.25, 0.3) is 0 Å². The maximum atomic E-state index is 5.43. The quantitative estimate of drug-likeness (QED) is 0.532. The Morgan fingerprint density at radius 1 is 1.30 bits per heavy atom. The van der Waals surface area contributed by atoms with E-state index in [0.29, 0.717) is 0 Å². The van der Waals surface area contributed by atoms with E-state index in [0.717, 1.165) is 63.3 Å². The van der Waals surface area contributed by atoms with Gasteiger partial charge in [-0.15, -0.1) is 0 Å². The van der Waals surface area contributed by atoms with Crippen LogP contribution in [0, 0.1) is 12.8 Å². The lowest BCUT2D eigenvalue weighted by Gasteiger charge is -2.24. The molecule has 152 valence electrons. The molecule has 0 bridgehead atoms. The van der Waals surface area contributed by atoms with E-state index in [-0.39, 0.29) is 0 Å². The molecule has 1 N–H and O–H groups in total. The first-order valence-corrected chi connectivity index (χ1v) is 10.5. The van der Waals surface area contributed by atoms with Crippen LogP contribution in [-0.4, -0.2) is 68.7 Å². The smallest absolute Gasteiger partial charge is 0.193 e. The molecule has 5 heteroatoms. The predicted octanol–water partition coefficient (Wildman–Crippen LogP) is 3.18. The minimum atomic E-state index is 0.745. The number of aryl methyl sites for hydroxylation is 1. The van der Waals surface area contributed by atoms with Gasteiger partial charge < -0.3 is 19.9 Å². The lowest BCUT2D eigenvalue weighted by atomic mass is 10.1. The van der Waals surface area contributed by atoms with Crippen molar-refractivity contribution in [2.24, 2.45) is 10.9 Å². The third-order valence-electron chi connectivity index (χ3n) is 5.47. The molecular formula is C22H38N4O. The maximum Gasteiger partial charge on any atom is 0.193 e. The second-order valence-corrected chi connectivity index (χ2v) is 7.38. The molecule has 0 aliphatic carbocycles. The Morgan fingerprint density at radius 3 is 2.74 bits per heavy atom. The average Bonchev–Trinajstić information content (AvgIpc) is 3.15. The zero-order valence-electron chi connectivity index (χ0n) is 17.9. The molecule has 0 amide bonds. The predicted molar refractivity (Wildman–Crippen MR) is 115 cm³/mol. The summed E-state index contributed by atoms with van der Waals surface area (Å²) in [5, 5.41) is 3.48. The Balaban J connectivity index is 1.92. The second kappa shape index (κ2) is 11.2. The summed E-state index contributed by atoms with van der Waals surface area (Å²) in [6.45, 7) is 16.1. The first-order valence-electron chi connectivity index (χ1n) is 10.5. The number of hydrogen-bond donors (Lipinski definition) is 1. The summed E-state index contributed by atoms with van der Waals surface area (Å²) in [6, 6.07) is 6.44. The van der Waals surface area contributed by atoms with Crippen LogP contribution < -0.4 is 10.1 Å². The van der Waals surface area contributed by atoms with Crippen LogP contribution in [0.2, 0.25) is 0 Å². The van der Waals surface area contributed by atoms with Gasteiger partial charge in [-0.3, -0.25) is 4.99 Å². The highest BCUT2D eigenvalue weighted by atomic mass is 16.5. The lowest BCUT2D eigenvalue weighted by molar-refractivity contribution is 0.255. The number of methoxy groups -OCH3 is 1. The number of nitrogens with zero attached hydrogens (tertiary/aromatic N) is 3. The van der Waals surface area contributed by atoms with Gasteiger partial charge in [0, 0.05) is 32.7 Å². The molecule has 0 radical (unpaired) electrons. The number of rotatable bonds is 9. The van der Waals surface area contributed by atoms with Gasteiger partial charge in [-0.1, -0.05) is 26.0 Å². The van der Waals surface area contributed by atoms with Crippen molar-refractivity contribution in [3.63, 3.8) is 0 Å². The number of likely N-dealkylation sites (tertiary alicyclic amines) is 1. The fourth-order valence-corrected chi connectivity index (χ4v) is 3.76. The average molecular weight is 375 g/mol. The molecule has 2 rings (SSSR count). The summed E-state index contributed by atoms with van der Waals surface area (Å²) >= 11 is 0. The highest BCUT2D eigenvalue weighted by molar-refractivity contribution is 5.80. The molecule has 1 unspecified atom stereocenters. The normalized spacial score (nSPS) is 17.6. The van der Waals surface area contributed by atoms with E-state index in [4.69, 9.17) is 9.73 Å². The number of nitrogens with one attached hydrogen (secondary N) is 1. The Kier molecular flexibility index (Phi) is 8.92. The molecule has 27 heavy (non-hydrogen) atoms. The summed E-state index contributed by atoms with van der Waals surface area (Å²) in [6.07, 6.45) is 2.19. The molecule has 1 aliphatic rings. The van der Waals surface area contributed by atoms with Crippen LogP contribution in [0.3, 0.4) is 0 Å². The number of hydrogen-bond acceptors (Lipinski definition) is 3. The third-order valence-corrected chi connectivity index (χ3v) is 5.47. The number of benzene rings is 1. The van der Waals surface area contributed by atoms with E-state index in [1.807, 2.05) is 0 Å². The van der Waals surface area contributed by atoms with Gasteiger partial charge in [-0.2, -0.15) is 0 Å². The monoisotopic (exact) mass is 374 g/mol. The van der Waals surface area contributed by atoms with Crippen molar-refractivity contribution in [2.75, 3.05) is 52.9 Å². The molecule has 1 saturated heterocycles. The number of guanidine groups is 1. The molecule has 0 spiro atoms. The summed E-state index contributed by atoms with van der Waals surface area (Å²) in [5.74, 6) is 2.77. The van der Waals surface area contributed by atoms with E-state index in [1.165, 1.54) is 24.1 Å². The molecule has 1 heterocycles. The largest absolute Gasteiger partial charge is 0.496 e. The zero-order valence-corrected chi connectivity index (χ0v) is 17.9. The first kappa shape index (κ1) is 21.5. The van der Waals surface area contributed by atoms with E-state index in [1.54, 1.807) is 7.11 Å². The van der Waals surface area contributed by atoms with E-state index in [2.05, 4.69) is 61.0 Å². The van der Waals surface area contributed by atoms with Crippen molar-refractivity contribution in [3.8, 4) is 5.75 Å². The van der Waals surface area contributed by atoms with E-state index in [9.17, 15) is 0 Å². The Hall–Kier alpha value is -1.75. The molecule has 5 nitrogen and oxygen atoms in total. The molecule has 1 aliphatic heterocycles. The molecular weight excluding hydrogens is 336 g/mol. The number of aliphatic imine (C=N–C) groups is 1. The van der Waals surface area contributed by atoms with Crippen molar-refractivity contribution >= 4 is 5.96 Å². The molecule has 1 aromatic carbocycles. The Morgan fingerprint density at radius 2 is 2.07 bits per heavy atom. The van der Waals surface area contributed by atoms with Gasteiger partial charge in [-0.25, -0.2) is 0 Å². The topological polar surface area (TPSA) is 40.1 Å². The van der Waals surface area contributed by atoms with E-state index < -0.39 is 0 Å².